The molecule has 5 heteroatoms. The predicted molar refractivity (Wildman–Crippen MR) is 81.7 cm³/mol. The summed E-state index contributed by atoms with van der Waals surface area (Å²) in [6.45, 7) is 8.44. The molecule has 1 aliphatic rings. The molecule has 0 saturated carbocycles. The Morgan fingerprint density at radius 1 is 1.43 bits per heavy atom. The van der Waals surface area contributed by atoms with Gasteiger partial charge in [-0.05, 0) is 42.9 Å². The van der Waals surface area contributed by atoms with E-state index in [0.717, 1.165) is 12.1 Å². The van der Waals surface area contributed by atoms with E-state index in [2.05, 4.69) is 30.8 Å². The zero-order valence-corrected chi connectivity index (χ0v) is 12.9. The highest BCUT2D eigenvalue weighted by Gasteiger charge is 2.29. The maximum atomic E-state index is 13.4. The van der Waals surface area contributed by atoms with Crippen LogP contribution in [0.3, 0.4) is 0 Å². The summed E-state index contributed by atoms with van der Waals surface area (Å²) in [7, 11) is 0. The fourth-order valence-electron chi connectivity index (χ4n) is 3.24. The number of likely N-dealkylation sites (tertiary alicyclic amines) is 1. The molecule has 1 aromatic carbocycles. The molecular weight excluding hydrogens is 269 g/mol. The van der Waals surface area contributed by atoms with Crippen molar-refractivity contribution in [2.45, 2.75) is 39.8 Å². The number of hydrogen-bond acceptors (Lipinski definition) is 3. The highest BCUT2D eigenvalue weighted by Crippen LogP contribution is 2.28. The lowest BCUT2D eigenvalue weighted by atomic mass is 9.85. The molecule has 1 saturated heterocycles. The van der Waals surface area contributed by atoms with Crippen LogP contribution in [0.2, 0.25) is 0 Å². The third-order valence-corrected chi connectivity index (χ3v) is 4.55. The number of nitrogens with two attached hydrogens (primary N) is 1. The standard InChI is InChI=1S/C16H24FN3O/c1-10-6-11(2)12(3)20(8-10)9-13-4-5-14(17)7-15(13)16(18)19-21/h4-5,7,10-12,21H,6,8-9H2,1-3H3,(H2,18,19). The molecule has 1 fully saturated rings. The van der Waals surface area contributed by atoms with Crippen molar-refractivity contribution in [3.63, 3.8) is 0 Å². The van der Waals surface area contributed by atoms with Gasteiger partial charge in [-0.15, -0.1) is 0 Å². The summed E-state index contributed by atoms with van der Waals surface area (Å²) in [5.74, 6) is 0.842. The van der Waals surface area contributed by atoms with Crippen LogP contribution in [0.15, 0.2) is 23.4 Å². The van der Waals surface area contributed by atoms with Crippen LogP contribution in [0.5, 0.6) is 0 Å². The van der Waals surface area contributed by atoms with Gasteiger partial charge in [0.2, 0.25) is 0 Å². The molecule has 1 aromatic rings. The van der Waals surface area contributed by atoms with Gasteiger partial charge in [-0.25, -0.2) is 4.39 Å². The van der Waals surface area contributed by atoms with Gasteiger partial charge in [-0.2, -0.15) is 0 Å². The first-order chi connectivity index (χ1) is 9.92. The van der Waals surface area contributed by atoms with E-state index in [9.17, 15) is 4.39 Å². The van der Waals surface area contributed by atoms with Gasteiger partial charge in [0.05, 0.1) is 0 Å². The smallest absolute Gasteiger partial charge is 0.170 e. The Balaban J connectivity index is 2.26. The van der Waals surface area contributed by atoms with Crippen LogP contribution >= 0.6 is 0 Å². The number of halogens is 1. The highest BCUT2D eigenvalue weighted by molar-refractivity contribution is 5.98. The number of oxime groups is 1. The van der Waals surface area contributed by atoms with E-state index in [0.29, 0.717) is 30.0 Å². The molecule has 1 aliphatic heterocycles. The van der Waals surface area contributed by atoms with Crippen LogP contribution in [-0.4, -0.2) is 28.5 Å². The lowest BCUT2D eigenvalue weighted by Gasteiger charge is -2.41. The lowest BCUT2D eigenvalue weighted by Crippen LogP contribution is -2.45. The zero-order chi connectivity index (χ0) is 15.6. The molecular formula is C16H24FN3O. The first-order valence-corrected chi connectivity index (χ1v) is 7.42. The third kappa shape index (κ3) is 3.53. The van der Waals surface area contributed by atoms with Crippen molar-refractivity contribution in [3.05, 3.63) is 35.1 Å². The normalized spacial score (nSPS) is 27.8. The summed E-state index contributed by atoms with van der Waals surface area (Å²) < 4.78 is 13.4. The molecule has 0 radical (unpaired) electrons. The molecule has 0 spiro atoms. The van der Waals surface area contributed by atoms with E-state index in [1.54, 1.807) is 6.07 Å². The Morgan fingerprint density at radius 2 is 2.14 bits per heavy atom. The van der Waals surface area contributed by atoms with Crippen LogP contribution in [-0.2, 0) is 6.54 Å². The molecule has 21 heavy (non-hydrogen) atoms. The Kier molecular flexibility index (Phi) is 4.83. The monoisotopic (exact) mass is 293 g/mol. The molecule has 1 heterocycles. The second kappa shape index (κ2) is 6.43. The minimum absolute atomic E-state index is 0.0461. The van der Waals surface area contributed by atoms with Crippen LogP contribution in [0.1, 0.15) is 38.3 Å². The second-order valence-corrected chi connectivity index (χ2v) is 6.27. The van der Waals surface area contributed by atoms with Gasteiger partial charge in [0.1, 0.15) is 5.82 Å². The van der Waals surface area contributed by atoms with Gasteiger partial charge < -0.3 is 10.9 Å². The van der Waals surface area contributed by atoms with Crippen molar-refractivity contribution < 1.29 is 9.60 Å². The second-order valence-electron chi connectivity index (χ2n) is 6.27. The van der Waals surface area contributed by atoms with E-state index >= 15 is 0 Å². The van der Waals surface area contributed by atoms with Crippen LogP contribution in [0.4, 0.5) is 4.39 Å². The Hall–Kier alpha value is -1.62. The van der Waals surface area contributed by atoms with Crippen molar-refractivity contribution in [3.8, 4) is 0 Å². The van der Waals surface area contributed by atoms with Gasteiger partial charge in [0, 0.05) is 24.7 Å². The fourth-order valence-corrected chi connectivity index (χ4v) is 3.24. The van der Waals surface area contributed by atoms with Crippen LogP contribution in [0.25, 0.3) is 0 Å². The molecule has 2 rings (SSSR count). The highest BCUT2D eigenvalue weighted by atomic mass is 19.1. The molecule has 4 nitrogen and oxygen atoms in total. The van der Waals surface area contributed by atoms with E-state index in [1.807, 2.05) is 0 Å². The van der Waals surface area contributed by atoms with Crippen LogP contribution in [0, 0.1) is 17.7 Å². The first-order valence-electron chi connectivity index (χ1n) is 7.42. The quantitative estimate of drug-likeness (QED) is 0.390. The summed E-state index contributed by atoms with van der Waals surface area (Å²) in [4.78, 5) is 2.39. The van der Waals surface area contributed by atoms with Crippen molar-refractivity contribution in [1.29, 1.82) is 0 Å². The number of rotatable bonds is 3. The zero-order valence-electron chi connectivity index (χ0n) is 12.9. The number of hydrogen-bond donors (Lipinski definition) is 2. The molecule has 0 amide bonds. The molecule has 0 aromatic heterocycles. The van der Waals surface area contributed by atoms with Crippen molar-refractivity contribution in [2.75, 3.05) is 6.54 Å². The van der Waals surface area contributed by atoms with Gasteiger partial charge in [-0.3, -0.25) is 4.90 Å². The van der Waals surface area contributed by atoms with Crippen molar-refractivity contribution in [2.24, 2.45) is 22.7 Å². The lowest BCUT2D eigenvalue weighted by molar-refractivity contribution is 0.0729. The van der Waals surface area contributed by atoms with Gasteiger partial charge in [0.25, 0.3) is 0 Å². The summed E-state index contributed by atoms with van der Waals surface area (Å²) in [5, 5.41) is 11.9. The molecule has 0 aliphatic carbocycles. The first kappa shape index (κ1) is 15.8. The number of benzene rings is 1. The van der Waals surface area contributed by atoms with Crippen LogP contribution < -0.4 is 5.73 Å². The minimum Gasteiger partial charge on any atom is -0.409 e. The largest absolute Gasteiger partial charge is 0.409 e. The maximum Gasteiger partial charge on any atom is 0.170 e. The van der Waals surface area contributed by atoms with Crippen molar-refractivity contribution >= 4 is 5.84 Å². The van der Waals surface area contributed by atoms with E-state index < -0.39 is 0 Å². The average Bonchev–Trinajstić information content (AvgIpc) is 2.45. The topological polar surface area (TPSA) is 61.8 Å². The molecule has 3 atom stereocenters. The summed E-state index contributed by atoms with van der Waals surface area (Å²) in [6.07, 6.45) is 1.23. The molecule has 0 bridgehead atoms. The third-order valence-electron chi connectivity index (χ3n) is 4.55. The Labute approximate surface area is 125 Å². The Morgan fingerprint density at radius 3 is 2.81 bits per heavy atom. The molecule has 3 N–H and O–H groups in total. The number of piperidine rings is 1. The van der Waals surface area contributed by atoms with E-state index in [1.165, 1.54) is 18.6 Å². The van der Waals surface area contributed by atoms with E-state index in [-0.39, 0.29) is 11.7 Å². The fraction of sp³-hybridized carbons (Fsp3) is 0.562. The SMILES string of the molecule is CC1CC(C)C(C)N(Cc2ccc(F)cc2/C(N)=N/O)C1. The average molecular weight is 293 g/mol. The summed E-state index contributed by atoms with van der Waals surface area (Å²) in [6, 6.07) is 4.93. The minimum atomic E-state index is -0.381. The summed E-state index contributed by atoms with van der Waals surface area (Å²) >= 11 is 0. The predicted octanol–water partition coefficient (Wildman–Crippen LogP) is 2.79. The van der Waals surface area contributed by atoms with Gasteiger partial charge in [-0.1, -0.05) is 25.1 Å². The number of amidine groups is 1. The number of nitrogens with zero attached hydrogens (tertiary/aromatic N) is 2. The van der Waals surface area contributed by atoms with E-state index in [4.69, 9.17) is 10.9 Å². The van der Waals surface area contributed by atoms with Gasteiger partial charge in [0.15, 0.2) is 5.84 Å². The van der Waals surface area contributed by atoms with Gasteiger partial charge >= 0.3 is 0 Å². The molecule has 3 unspecified atom stereocenters. The summed E-state index contributed by atoms with van der Waals surface area (Å²) in [5.41, 5.74) is 7.03. The molecule has 116 valence electrons. The Bertz CT molecular complexity index is 532. The van der Waals surface area contributed by atoms with Crippen molar-refractivity contribution in [1.82, 2.24) is 4.90 Å². The maximum absolute atomic E-state index is 13.4.